The summed E-state index contributed by atoms with van der Waals surface area (Å²) in [5.74, 6) is -0.437. The molecule has 9 heteroatoms. The van der Waals surface area contributed by atoms with E-state index >= 15 is 0 Å². The Hall–Kier alpha value is -3.39. The summed E-state index contributed by atoms with van der Waals surface area (Å²) in [5.41, 5.74) is 1.91. The molecule has 1 aliphatic carbocycles. The summed E-state index contributed by atoms with van der Waals surface area (Å²) in [6.45, 7) is 1.29. The number of hydrogen-bond acceptors (Lipinski definition) is 5. The van der Waals surface area contributed by atoms with Gasteiger partial charge in [-0.15, -0.1) is 0 Å². The molecule has 0 spiro atoms. The van der Waals surface area contributed by atoms with E-state index in [0.717, 1.165) is 37.7 Å². The molecule has 1 heterocycles. The number of likely N-dealkylation sites (tertiary alicyclic amines) is 1. The Morgan fingerprint density at radius 1 is 0.976 bits per heavy atom. The maximum Gasteiger partial charge on any atom is 0.408 e. The maximum atomic E-state index is 13.4. The van der Waals surface area contributed by atoms with E-state index in [1.807, 2.05) is 35.2 Å². The number of nitrogens with zero attached hydrogens (tertiary/aromatic N) is 1. The van der Waals surface area contributed by atoms with E-state index < -0.39 is 24.1 Å². The molecular weight excluding hydrogens is 542 g/mol. The monoisotopic (exact) mass is 581 g/mol. The highest BCUT2D eigenvalue weighted by Gasteiger charge is 2.34. The van der Waals surface area contributed by atoms with Gasteiger partial charge in [-0.3, -0.25) is 9.59 Å². The highest BCUT2D eigenvalue weighted by Crippen LogP contribution is 2.28. The van der Waals surface area contributed by atoms with Crippen molar-refractivity contribution < 1.29 is 23.9 Å². The van der Waals surface area contributed by atoms with E-state index in [9.17, 15) is 19.2 Å². The van der Waals surface area contributed by atoms with Crippen LogP contribution in [0.25, 0.3) is 0 Å². The number of alkyl carbamates (subject to hydrolysis) is 1. The fourth-order valence-corrected chi connectivity index (χ4v) is 6.05. The maximum absolute atomic E-state index is 13.4. The molecule has 2 fully saturated rings. The van der Waals surface area contributed by atoms with Gasteiger partial charge in [0, 0.05) is 24.0 Å². The zero-order valence-electron chi connectivity index (χ0n) is 23.4. The number of nitrogens with one attached hydrogen (secondary N) is 2. The molecule has 3 amide bonds. The molecule has 220 valence electrons. The van der Waals surface area contributed by atoms with Gasteiger partial charge in [0.05, 0.1) is 6.04 Å². The molecule has 1 saturated carbocycles. The van der Waals surface area contributed by atoms with E-state index in [-0.39, 0.29) is 24.9 Å². The Bertz CT molecular complexity index is 1170. The minimum atomic E-state index is -0.839. The van der Waals surface area contributed by atoms with Crippen LogP contribution in [-0.4, -0.2) is 54.3 Å². The summed E-state index contributed by atoms with van der Waals surface area (Å²) in [7, 11) is 0. The second-order valence-corrected chi connectivity index (χ2v) is 11.6. The Morgan fingerprint density at radius 3 is 2.46 bits per heavy atom. The largest absolute Gasteiger partial charge is 0.445 e. The Morgan fingerprint density at radius 2 is 1.73 bits per heavy atom. The summed E-state index contributed by atoms with van der Waals surface area (Å²) < 4.78 is 5.36. The standard InChI is InChI=1S/C32H40ClN3O5/c33-27-13-7-12-25(18-27)22-41-32(40)35-29(19-24-10-5-2-6-11-24)30(38)34-28(21-37)20-26-15-17-36(31(26)39)16-14-23-8-3-1-4-9-23/h1,3-4,7-9,12-13,18,21,24,26,28-29H,2,5-6,10-11,14-17,19-20,22H2,(H,34,38)(H,35,40)/t26?,28-,29-/m0/s1. The molecule has 4 rings (SSSR count). The lowest BCUT2D eigenvalue weighted by atomic mass is 9.84. The number of benzene rings is 2. The van der Waals surface area contributed by atoms with Gasteiger partial charge in [-0.25, -0.2) is 4.79 Å². The Kier molecular flexibility index (Phi) is 11.6. The number of ether oxygens (including phenoxy) is 1. The smallest absolute Gasteiger partial charge is 0.408 e. The Balaban J connectivity index is 1.31. The van der Waals surface area contributed by atoms with Crippen molar-refractivity contribution in [3.63, 3.8) is 0 Å². The van der Waals surface area contributed by atoms with Crippen LogP contribution in [0, 0.1) is 11.8 Å². The van der Waals surface area contributed by atoms with Gasteiger partial charge < -0.3 is 25.1 Å². The SMILES string of the molecule is O=C[C@H](CC1CCN(CCc2ccccc2)C1=O)NC(=O)[C@H](CC1CCCCC1)NC(=O)OCc1cccc(Cl)c1. The summed E-state index contributed by atoms with van der Waals surface area (Å²) in [4.78, 5) is 52.9. The highest BCUT2D eigenvalue weighted by molar-refractivity contribution is 6.30. The van der Waals surface area contributed by atoms with Crippen LogP contribution in [0.15, 0.2) is 54.6 Å². The molecule has 2 aromatic carbocycles. The van der Waals surface area contributed by atoms with Crippen LogP contribution in [0.1, 0.15) is 62.5 Å². The molecular formula is C32H40ClN3O5. The third kappa shape index (κ3) is 9.59. The molecule has 0 bridgehead atoms. The zero-order chi connectivity index (χ0) is 29.0. The normalized spacial score (nSPS) is 18.9. The van der Waals surface area contributed by atoms with Crippen molar-refractivity contribution in [2.45, 2.75) is 76.5 Å². The minimum Gasteiger partial charge on any atom is -0.445 e. The van der Waals surface area contributed by atoms with Gasteiger partial charge in [-0.1, -0.05) is 86.2 Å². The first kappa shape index (κ1) is 30.6. The summed E-state index contributed by atoms with van der Waals surface area (Å²) in [6.07, 6.45) is 7.47. The average molecular weight is 582 g/mol. The van der Waals surface area contributed by atoms with E-state index in [1.54, 1.807) is 24.3 Å². The third-order valence-electron chi connectivity index (χ3n) is 8.11. The number of carbonyl (C=O) groups excluding carboxylic acids is 4. The molecule has 1 aliphatic heterocycles. The molecule has 1 saturated heterocycles. The van der Waals surface area contributed by atoms with Crippen LogP contribution in [0.5, 0.6) is 0 Å². The van der Waals surface area contributed by atoms with Crippen molar-refractivity contribution in [2.75, 3.05) is 13.1 Å². The first-order valence-corrected chi connectivity index (χ1v) is 15.0. The van der Waals surface area contributed by atoms with Crippen LogP contribution < -0.4 is 10.6 Å². The molecule has 0 radical (unpaired) electrons. The molecule has 3 atom stereocenters. The fraction of sp³-hybridized carbons (Fsp3) is 0.500. The molecule has 2 aromatic rings. The van der Waals surface area contributed by atoms with Crippen molar-refractivity contribution in [3.8, 4) is 0 Å². The van der Waals surface area contributed by atoms with Gasteiger partial charge >= 0.3 is 6.09 Å². The van der Waals surface area contributed by atoms with Gasteiger partial charge in [0.1, 0.15) is 18.9 Å². The lowest BCUT2D eigenvalue weighted by Crippen LogP contribution is -2.51. The van der Waals surface area contributed by atoms with Crippen LogP contribution in [0.2, 0.25) is 5.02 Å². The fourth-order valence-electron chi connectivity index (χ4n) is 5.84. The van der Waals surface area contributed by atoms with Crippen molar-refractivity contribution in [2.24, 2.45) is 11.8 Å². The van der Waals surface area contributed by atoms with Crippen LogP contribution in [0.3, 0.4) is 0 Å². The van der Waals surface area contributed by atoms with Gasteiger partial charge in [0.15, 0.2) is 0 Å². The van der Waals surface area contributed by atoms with Crippen molar-refractivity contribution in [1.29, 1.82) is 0 Å². The molecule has 2 N–H and O–H groups in total. The second-order valence-electron chi connectivity index (χ2n) is 11.2. The average Bonchev–Trinajstić information content (AvgIpc) is 3.33. The van der Waals surface area contributed by atoms with Crippen molar-refractivity contribution >= 4 is 35.8 Å². The number of aldehydes is 1. The van der Waals surface area contributed by atoms with E-state index in [4.69, 9.17) is 16.3 Å². The number of amides is 3. The predicted octanol–water partition coefficient (Wildman–Crippen LogP) is 5.07. The third-order valence-corrected chi connectivity index (χ3v) is 8.35. The number of rotatable bonds is 13. The van der Waals surface area contributed by atoms with Crippen molar-refractivity contribution in [3.05, 3.63) is 70.7 Å². The van der Waals surface area contributed by atoms with Crippen LogP contribution >= 0.6 is 11.6 Å². The quantitative estimate of drug-likeness (QED) is 0.321. The first-order chi connectivity index (χ1) is 19.9. The van der Waals surface area contributed by atoms with E-state index in [2.05, 4.69) is 10.6 Å². The number of halogens is 1. The number of carbonyl (C=O) groups is 4. The van der Waals surface area contributed by atoms with Gasteiger partial charge in [0.25, 0.3) is 0 Å². The second kappa shape index (κ2) is 15.6. The van der Waals surface area contributed by atoms with Gasteiger partial charge in [0.2, 0.25) is 11.8 Å². The predicted molar refractivity (Wildman–Crippen MR) is 157 cm³/mol. The molecule has 8 nitrogen and oxygen atoms in total. The lowest BCUT2D eigenvalue weighted by Gasteiger charge is -2.27. The zero-order valence-corrected chi connectivity index (χ0v) is 24.2. The minimum absolute atomic E-state index is 0.0171. The van der Waals surface area contributed by atoms with E-state index in [0.29, 0.717) is 43.2 Å². The summed E-state index contributed by atoms with van der Waals surface area (Å²) in [5, 5.41) is 6.06. The molecule has 41 heavy (non-hydrogen) atoms. The van der Waals surface area contributed by atoms with E-state index in [1.165, 1.54) is 12.0 Å². The molecule has 2 aliphatic rings. The van der Waals surface area contributed by atoms with Gasteiger partial charge in [-0.2, -0.15) is 0 Å². The Labute approximate surface area is 247 Å². The topological polar surface area (TPSA) is 105 Å². The lowest BCUT2D eigenvalue weighted by molar-refractivity contribution is -0.132. The van der Waals surface area contributed by atoms with Crippen molar-refractivity contribution in [1.82, 2.24) is 15.5 Å². The van der Waals surface area contributed by atoms with Crippen LogP contribution in [-0.2, 0) is 32.1 Å². The first-order valence-electron chi connectivity index (χ1n) is 14.7. The van der Waals surface area contributed by atoms with Crippen LogP contribution in [0.4, 0.5) is 4.79 Å². The molecule has 1 unspecified atom stereocenters. The molecule has 0 aromatic heterocycles. The van der Waals surface area contributed by atoms with Gasteiger partial charge in [-0.05, 0) is 54.9 Å². The summed E-state index contributed by atoms with van der Waals surface area (Å²) in [6, 6.07) is 15.4. The highest BCUT2D eigenvalue weighted by atomic mass is 35.5. The summed E-state index contributed by atoms with van der Waals surface area (Å²) >= 11 is 6.01. The number of hydrogen-bond donors (Lipinski definition) is 2.